The summed E-state index contributed by atoms with van der Waals surface area (Å²) in [6.07, 6.45) is 2.75. The fourth-order valence-corrected chi connectivity index (χ4v) is 2.81. The smallest absolute Gasteiger partial charge is 0.257 e. The monoisotopic (exact) mass is 330 g/mol. The normalized spacial score (nSPS) is 15.0. The maximum Gasteiger partial charge on any atom is 0.257 e. The van der Waals surface area contributed by atoms with Gasteiger partial charge in [0.15, 0.2) is 0 Å². The summed E-state index contributed by atoms with van der Waals surface area (Å²) in [5.41, 5.74) is 0.310. The highest BCUT2D eigenvalue weighted by Crippen LogP contribution is 2.24. The lowest BCUT2D eigenvalue weighted by Crippen LogP contribution is -2.46. The van der Waals surface area contributed by atoms with Crippen LogP contribution in [0.25, 0.3) is 0 Å². The molecule has 0 unspecified atom stereocenters. The molecule has 0 aliphatic carbocycles. The van der Waals surface area contributed by atoms with E-state index in [2.05, 4.69) is 5.32 Å². The van der Waals surface area contributed by atoms with Crippen LogP contribution in [0.2, 0.25) is 0 Å². The number of nitrogens with one attached hydrogen (secondary N) is 1. The fourth-order valence-electron chi connectivity index (χ4n) is 2.81. The van der Waals surface area contributed by atoms with Gasteiger partial charge in [0.1, 0.15) is 11.6 Å². The minimum atomic E-state index is -0.416. The van der Waals surface area contributed by atoms with Crippen molar-refractivity contribution in [3.8, 4) is 5.75 Å². The highest BCUT2D eigenvalue weighted by molar-refractivity contribution is 5.97. The van der Waals surface area contributed by atoms with E-state index in [1.165, 1.54) is 25.3 Å². The zero-order valence-electron chi connectivity index (χ0n) is 13.1. The molecule has 0 saturated carbocycles. The molecule has 1 amide bonds. The number of amides is 1. The van der Waals surface area contributed by atoms with Gasteiger partial charge in [0.2, 0.25) is 0 Å². The number of halogens is 2. The molecule has 2 rings (SSSR count). The zero-order chi connectivity index (χ0) is 15.2. The molecule has 0 aromatic heterocycles. The number of methoxy groups -OCH3 is 1. The van der Waals surface area contributed by atoms with Gasteiger partial charge in [-0.3, -0.25) is 4.79 Å². The predicted molar refractivity (Wildman–Crippen MR) is 87.4 cm³/mol. The number of carbonyl (C=O) groups excluding carboxylic acids is 1. The molecular weight excluding hydrogens is 307 g/mol. The third-order valence-electron chi connectivity index (χ3n) is 3.87. The first kappa shape index (κ1) is 18.7. The maximum atomic E-state index is 13.5. The van der Waals surface area contributed by atoms with Crippen molar-refractivity contribution in [3.05, 3.63) is 29.6 Å². The van der Waals surface area contributed by atoms with E-state index in [0.29, 0.717) is 17.9 Å². The van der Waals surface area contributed by atoms with Gasteiger partial charge in [-0.15, -0.1) is 12.4 Å². The molecule has 0 radical (unpaired) electrons. The molecule has 22 heavy (non-hydrogen) atoms. The first-order valence-corrected chi connectivity index (χ1v) is 7.52. The largest absolute Gasteiger partial charge is 0.496 e. The van der Waals surface area contributed by atoms with Gasteiger partial charge in [-0.1, -0.05) is 6.92 Å². The molecule has 6 heteroatoms. The summed E-state index contributed by atoms with van der Waals surface area (Å²) in [5.74, 6) is -0.127. The van der Waals surface area contributed by atoms with E-state index in [4.69, 9.17) is 4.74 Å². The van der Waals surface area contributed by atoms with Crippen molar-refractivity contribution >= 4 is 18.3 Å². The average molecular weight is 331 g/mol. The molecule has 0 atom stereocenters. The predicted octanol–water partition coefficient (Wildman–Crippen LogP) is 2.86. The van der Waals surface area contributed by atoms with Crippen molar-refractivity contribution in [2.45, 2.75) is 32.2 Å². The Labute approximate surface area is 137 Å². The van der Waals surface area contributed by atoms with Crippen LogP contribution in [-0.4, -0.2) is 43.6 Å². The van der Waals surface area contributed by atoms with Crippen LogP contribution >= 0.6 is 12.4 Å². The van der Waals surface area contributed by atoms with E-state index in [1.807, 2.05) is 11.8 Å². The van der Waals surface area contributed by atoms with Crippen molar-refractivity contribution in [2.24, 2.45) is 0 Å². The lowest BCUT2D eigenvalue weighted by molar-refractivity contribution is 0.0638. The zero-order valence-corrected chi connectivity index (χ0v) is 13.9. The Hall–Kier alpha value is -1.33. The number of ether oxygens (including phenoxy) is 1. The minimum absolute atomic E-state index is 0. The molecule has 0 bridgehead atoms. The average Bonchev–Trinajstić information content (AvgIpc) is 2.52. The number of carbonyl (C=O) groups is 1. The Bertz CT molecular complexity index is 493. The van der Waals surface area contributed by atoms with Crippen LogP contribution in [0.5, 0.6) is 5.75 Å². The molecule has 1 aliphatic heterocycles. The van der Waals surface area contributed by atoms with E-state index in [9.17, 15) is 9.18 Å². The fraction of sp³-hybridized carbons (Fsp3) is 0.562. The maximum absolute atomic E-state index is 13.5. The van der Waals surface area contributed by atoms with E-state index in [1.54, 1.807) is 0 Å². The summed E-state index contributed by atoms with van der Waals surface area (Å²) in [5, 5.41) is 3.30. The highest BCUT2D eigenvalue weighted by Gasteiger charge is 2.27. The van der Waals surface area contributed by atoms with E-state index in [0.717, 1.165) is 32.4 Å². The molecular formula is C16H24ClFN2O2. The molecule has 1 aromatic rings. The number of rotatable bonds is 5. The van der Waals surface area contributed by atoms with Gasteiger partial charge in [0, 0.05) is 12.6 Å². The lowest BCUT2D eigenvalue weighted by Gasteiger charge is -2.35. The van der Waals surface area contributed by atoms with Gasteiger partial charge in [0.25, 0.3) is 5.91 Å². The first-order chi connectivity index (χ1) is 10.2. The number of hydrogen-bond acceptors (Lipinski definition) is 3. The van der Waals surface area contributed by atoms with Gasteiger partial charge in [-0.2, -0.15) is 0 Å². The standard InChI is InChI=1S/C16H23FN2O2.ClH/c1-3-10-19(13-6-8-18-9-7-13)16(20)14-11-12(17)4-5-15(14)21-2;/h4-5,11,13,18H,3,6-10H2,1-2H3;1H. The molecule has 1 saturated heterocycles. The van der Waals surface area contributed by atoms with Crippen molar-refractivity contribution in [2.75, 3.05) is 26.7 Å². The van der Waals surface area contributed by atoms with Crippen LogP contribution in [0.4, 0.5) is 4.39 Å². The molecule has 4 nitrogen and oxygen atoms in total. The lowest BCUT2D eigenvalue weighted by atomic mass is 10.0. The Morgan fingerprint density at radius 2 is 2.09 bits per heavy atom. The summed E-state index contributed by atoms with van der Waals surface area (Å²) in [7, 11) is 1.50. The number of piperidine rings is 1. The van der Waals surface area contributed by atoms with Crippen LogP contribution < -0.4 is 10.1 Å². The van der Waals surface area contributed by atoms with E-state index >= 15 is 0 Å². The minimum Gasteiger partial charge on any atom is -0.496 e. The SMILES string of the molecule is CCCN(C(=O)c1cc(F)ccc1OC)C1CCNCC1.Cl. The topological polar surface area (TPSA) is 41.6 Å². The van der Waals surface area contributed by atoms with Gasteiger partial charge in [-0.05, 0) is 50.6 Å². The van der Waals surface area contributed by atoms with Gasteiger partial charge in [-0.25, -0.2) is 4.39 Å². The van der Waals surface area contributed by atoms with Crippen molar-refractivity contribution < 1.29 is 13.9 Å². The van der Waals surface area contributed by atoms with Crippen molar-refractivity contribution in [1.29, 1.82) is 0 Å². The quantitative estimate of drug-likeness (QED) is 0.902. The number of benzene rings is 1. The van der Waals surface area contributed by atoms with Crippen LogP contribution in [0, 0.1) is 5.82 Å². The Balaban J connectivity index is 0.00000242. The molecule has 1 heterocycles. The molecule has 124 valence electrons. The Kier molecular flexibility index (Phi) is 7.62. The Morgan fingerprint density at radius 3 is 2.68 bits per heavy atom. The summed E-state index contributed by atoms with van der Waals surface area (Å²) >= 11 is 0. The van der Waals surface area contributed by atoms with Crippen LogP contribution in [0.15, 0.2) is 18.2 Å². The van der Waals surface area contributed by atoms with Crippen LogP contribution in [0.1, 0.15) is 36.5 Å². The third-order valence-corrected chi connectivity index (χ3v) is 3.87. The number of hydrogen-bond donors (Lipinski definition) is 1. The molecule has 1 fully saturated rings. The van der Waals surface area contributed by atoms with Crippen molar-refractivity contribution in [1.82, 2.24) is 10.2 Å². The molecule has 1 aromatic carbocycles. The Morgan fingerprint density at radius 1 is 1.41 bits per heavy atom. The highest BCUT2D eigenvalue weighted by atomic mass is 35.5. The molecule has 1 aliphatic rings. The summed E-state index contributed by atoms with van der Waals surface area (Å²) < 4.78 is 18.7. The molecule has 1 N–H and O–H groups in total. The van der Waals surface area contributed by atoms with Gasteiger partial charge >= 0.3 is 0 Å². The van der Waals surface area contributed by atoms with Gasteiger partial charge < -0.3 is 15.0 Å². The molecule has 0 spiro atoms. The van der Waals surface area contributed by atoms with E-state index in [-0.39, 0.29) is 24.4 Å². The summed E-state index contributed by atoms with van der Waals surface area (Å²) in [6.45, 7) is 4.56. The first-order valence-electron chi connectivity index (χ1n) is 7.52. The van der Waals surface area contributed by atoms with Crippen LogP contribution in [0.3, 0.4) is 0 Å². The second-order valence-electron chi connectivity index (χ2n) is 5.32. The second kappa shape index (κ2) is 8.96. The third kappa shape index (κ3) is 4.34. The van der Waals surface area contributed by atoms with E-state index < -0.39 is 5.82 Å². The number of nitrogens with zero attached hydrogens (tertiary/aromatic N) is 1. The van der Waals surface area contributed by atoms with Crippen LogP contribution in [-0.2, 0) is 0 Å². The second-order valence-corrected chi connectivity index (χ2v) is 5.32. The summed E-state index contributed by atoms with van der Waals surface area (Å²) in [4.78, 5) is 14.7. The van der Waals surface area contributed by atoms with Gasteiger partial charge in [0.05, 0.1) is 12.7 Å². The van der Waals surface area contributed by atoms with Crippen molar-refractivity contribution in [3.63, 3.8) is 0 Å². The summed E-state index contributed by atoms with van der Waals surface area (Å²) in [6, 6.07) is 4.30.